The molecule has 96 valence electrons. The summed E-state index contributed by atoms with van der Waals surface area (Å²) in [5, 5.41) is 0. The molecule has 0 aliphatic rings. The van der Waals surface area contributed by atoms with Crippen LogP contribution in [0.1, 0.15) is 11.1 Å². The number of benzene rings is 2. The quantitative estimate of drug-likeness (QED) is 0.817. The van der Waals surface area contributed by atoms with E-state index in [0.29, 0.717) is 13.2 Å². The van der Waals surface area contributed by atoms with Crippen LogP contribution in [0, 0.1) is 0 Å². The molecular formula is C16H20O2. The highest BCUT2D eigenvalue weighted by molar-refractivity contribution is 5.15. The maximum absolute atomic E-state index is 5.61. The van der Waals surface area contributed by atoms with Gasteiger partial charge in [-0.2, -0.15) is 0 Å². The summed E-state index contributed by atoms with van der Waals surface area (Å²) in [5.41, 5.74) is 2.43. The second-order valence-corrected chi connectivity index (χ2v) is 3.87. The summed E-state index contributed by atoms with van der Waals surface area (Å²) in [6.45, 7) is 1.35. The number of ether oxygens (including phenoxy) is 2. The standard InChI is InChI=1S/C14H14O.C2H6O/c1-3-7-13(8-4-1)11-15-12-14-9-5-2-6-10-14;1-3-2/h1-10H,11-12H2;1-2H3. The van der Waals surface area contributed by atoms with Crippen LogP contribution in [-0.2, 0) is 22.7 Å². The molecule has 2 aromatic carbocycles. The average molecular weight is 244 g/mol. The molecule has 0 N–H and O–H groups in total. The Bertz CT molecular complexity index is 358. The van der Waals surface area contributed by atoms with Crippen molar-refractivity contribution in [2.75, 3.05) is 14.2 Å². The zero-order chi connectivity index (χ0) is 13.1. The third kappa shape index (κ3) is 6.18. The molecular weight excluding hydrogens is 224 g/mol. The molecule has 0 heterocycles. The van der Waals surface area contributed by atoms with E-state index < -0.39 is 0 Å². The fourth-order valence-electron chi connectivity index (χ4n) is 1.44. The molecule has 0 spiro atoms. The highest BCUT2D eigenvalue weighted by Crippen LogP contribution is 2.05. The molecule has 0 unspecified atom stereocenters. The van der Waals surface area contributed by atoms with Crippen molar-refractivity contribution in [2.45, 2.75) is 13.2 Å². The van der Waals surface area contributed by atoms with E-state index in [1.54, 1.807) is 14.2 Å². The van der Waals surface area contributed by atoms with Gasteiger partial charge in [-0.25, -0.2) is 0 Å². The van der Waals surface area contributed by atoms with Crippen molar-refractivity contribution in [2.24, 2.45) is 0 Å². The molecule has 0 saturated heterocycles. The summed E-state index contributed by atoms with van der Waals surface area (Å²) in [5.74, 6) is 0. The predicted octanol–water partition coefficient (Wildman–Crippen LogP) is 3.67. The Hall–Kier alpha value is -1.64. The fraction of sp³-hybridized carbons (Fsp3) is 0.250. The zero-order valence-corrected chi connectivity index (χ0v) is 11.0. The third-order valence-corrected chi connectivity index (χ3v) is 2.22. The van der Waals surface area contributed by atoms with Gasteiger partial charge >= 0.3 is 0 Å². The van der Waals surface area contributed by atoms with Crippen molar-refractivity contribution >= 4 is 0 Å². The first kappa shape index (κ1) is 14.4. The molecule has 0 aliphatic carbocycles. The molecule has 2 nitrogen and oxygen atoms in total. The SMILES string of the molecule is COC.c1ccc(COCc2ccccc2)cc1. The molecule has 18 heavy (non-hydrogen) atoms. The molecule has 2 aromatic rings. The van der Waals surface area contributed by atoms with Crippen molar-refractivity contribution in [3.05, 3.63) is 71.8 Å². The normalized spacial score (nSPS) is 9.44. The van der Waals surface area contributed by atoms with E-state index in [2.05, 4.69) is 29.0 Å². The van der Waals surface area contributed by atoms with Gasteiger partial charge in [-0.3, -0.25) is 0 Å². The Morgan fingerprint density at radius 3 is 1.33 bits per heavy atom. The molecule has 0 atom stereocenters. The summed E-state index contributed by atoms with van der Waals surface area (Å²) in [6, 6.07) is 20.4. The molecule has 0 fully saturated rings. The lowest BCUT2D eigenvalue weighted by molar-refractivity contribution is 0.107. The first-order valence-electron chi connectivity index (χ1n) is 5.92. The minimum absolute atomic E-state index is 0.676. The van der Waals surface area contributed by atoms with Crippen LogP contribution in [0.25, 0.3) is 0 Å². The highest BCUT2D eigenvalue weighted by atomic mass is 16.5. The van der Waals surface area contributed by atoms with Crippen LogP contribution in [0.2, 0.25) is 0 Å². The van der Waals surface area contributed by atoms with Gasteiger partial charge in [0.05, 0.1) is 13.2 Å². The van der Waals surface area contributed by atoms with Crippen LogP contribution < -0.4 is 0 Å². The van der Waals surface area contributed by atoms with Crippen molar-refractivity contribution in [3.8, 4) is 0 Å². The van der Waals surface area contributed by atoms with Crippen molar-refractivity contribution in [3.63, 3.8) is 0 Å². The van der Waals surface area contributed by atoms with Crippen LogP contribution in [0.3, 0.4) is 0 Å². The van der Waals surface area contributed by atoms with Crippen LogP contribution in [-0.4, -0.2) is 14.2 Å². The number of hydrogen-bond acceptors (Lipinski definition) is 2. The van der Waals surface area contributed by atoms with Gasteiger partial charge in [0, 0.05) is 14.2 Å². The van der Waals surface area contributed by atoms with Crippen LogP contribution >= 0.6 is 0 Å². The number of methoxy groups -OCH3 is 1. The predicted molar refractivity (Wildman–Crippen MR) is 74.3 cm³/mol. The molecule has 0 saturated carbocycles. The maximum atomic E-state index is 5.61. The average Bonchev–Trinajstić information content (AvgIpc) is 2.42. The van der Waals surface area contributed by atoms with Gasteiger partial charge in [0.2, 0.25) is 0 Å². The third-order valence-electron chi connectivity index (χ3n) is 2.22. The second kappa shape index (κ2) is 9.40. The topological polar surface area (TPSA) is 18.5 Å². The lowest BCUT2D eigenvalue weighted by Gasteiger charge is -2.03. The van der Waals surface area contributed by atoms with E-state index >= 15 is 0 Å². The largest absolute Gasteiger partial charge is 0.388 e. The van der Waals surface area contributed by atoms with E-state index in [9.17, 15) is 0 Å². The smallest absolute Gasteiger partial charge is 0.0721 e. The van der Waals surface area contributed by atoms with E-state index in [4.69, 9.17) is 4.74 Å². The molecule has 0 aliphatic heterocycles. The highest BCUT2D eigenvalue weighted by Gasteiger charge is 1.93. The monoisotopic (exact) mass is 244 g/mol. The number of rotatable bonds is 4. The molecule has 0 bridgehead atoms. The van der Waals surface area contributed by atoms with Gasteiger partial charge in [-0.15, -0.1) is 0 Å². The van der Waals surface area contributed by atoms with Crippen LogP contribution in [0.5, 0.6) is 0 Å². The molecule has 0 amide bonds. The van der Waals surface area contributed by atoms with E-state index in [-0.39, 0.29) is 0 Å². The van der Waals surface area contributed by atoms with Crippen molar-refractivity contribution in [1.29, 1.82) is 0 Å². The van der Waals surface area contributed by atoms with E-state index in [1.807, 2.05) is 36.4 Å². The van der Waals surface area contributed by atoms with E-state index in [1.165, 1.54) is 11.1 Å². The van der Waals surface area contributed by atoms with Crippen LogP contribution in [0.15, 0.2) is 60.7 Å². The van der Waals surface area contributed by atoms with Crippen LogP contribution in [0.4, 0.5) is 0 Å². The summed E-state index contributed by atoms with van der Waals surface area (Å²) >= 11 is 0. The van der Waals surface area contributed by atoms with Gasteiger partial charge in [-0.05, 0) is 11.1 Å². The minimum atomic E-state index is 0.676. The first-order valence-corrected chi connectivity index (χ1v) is 5.92. The lowest BCUT2D eigenvalue weighted by atomic mass is 10.2. The summed E-state index contributed by atoms with van der Waals surface area (Å²) in [7, 11) is 3.25. The molecule has 0 radical (unpaired) electrons. The lowest BCUT2D eigenvalue weighted by Crippen LogP contribution is -1.93. The Morgan fingerprint density at radius 2 is 1.00 bits per heavy atom. The molecule has 2 rings (SSSR count). The fourth-order valence-corrected chi connectivity index (χ4v) is 1.44. The Kier molecular flexibility index (Phi) is 7.53. The Morgan fingerprint density at radius 1 is 0.667 bits per heavy atom. The maximum Gasteiger partial charge on any atom is 0.0721 e. The Balaban J connectivity index is 0.000000492. The van der Waals surface area contributed by atoms with Gasteiger partial charge in [0.15, 0.2) is 0 Å². The Labute approximate surface area is 109 Å². The second-order valence-electron chi connectivity index (χ2n) is 3.87. The van der Waals surface area contributed by atoms with Gasteiger partial charge < -0.3 is 9.47 Å². The molecule has 2 heteroatoms. The van der Waals surface area contributed by atoms with Gasteiger partial charge in [0.25, 0.3) is 0 Å². The first-order chi connectivity index (χ1) is 8.86. The molecule has 0 aromatic heterocycles. The summed E-state index contributed by atoms with van der Waals surface area (Å²) in [6.07, 6.45) is 0. The van der Waals surface area contributed by atoms with Crippen molar-refractivity contribution < 1.29 is 9.47 Å². The summed E-state index contributed by atoms with van der Waals surface area (Å²) in [4.78, 5) is 0. The van der Waals surface area contributed by atoms with Gasteiger partial charge in [-0.1, -0.05) is 60.7 Å². The minimum Gasteiger partial charge on any atom is -0.388 e. The zero-order valence-electron chi connectivity index (χ0n) is 11.0. The van der Waals surface area contributed by atoms with Crippen molar-refractivity contribution in [1.82, 2.24) is 0 Å². The number of hydrogen-bond donors (Lipinski definition) is 0. The van der Waals surface area contributed by atoms with Gasteiger partial charge in [0.1, 0.15) is 0 Å². The van der Waals surface area contributed by atoms with E-state index in [0.717, 1.165) is 0 Å². The summed E-state index contributed by atoms with van der Waals surface area (Å²) < 4.78 is 9.86.